The Kier molecular flexibility index (Phi) is 7.38. The topological polar surface area (TPSA) is 134 Å². The van der Waals surface area contributed by atoms with Gasteiger partial charge in [-0.05, 0) is 0 Å². The maximum Gasteiger partial charge on any atom is 0.301 e. The predicted molar refractivity (Wildman–Crippen MR) is 50.1 cm³/mol. The van der Waals surface area contributed by atoms with Gasteiger partial charge >= 0.3 is 22.7 Å². The molecule has 0 aliphatic carbocycles. The highest BCUT2D eigenvalue weighted by Crippen LogP contribution is 2.17. The van der Waals surface area contributed by atoms with Crippen molar-refractivity contribution in [3.8, 4) is 0 Å². The van der Waals surface area contributed by atoms with Gasteiger partial charge in [-0.2, -0.15) is 8.42 Å². The molecule has 2 unspecified atom stereocenters. The van der Waals surface area contributed by atoms with E-state index in [2.05, 4.69) is 8.37 Å². The van der Waals surface area contributed by atoms with Gasteiger partial charge in [0, 0.05) is 0 Å². The third kappa shape index (κ3) is 6.27. The summed E-state index contributed by atoms with van der Waals surface area (Å²) in [6.45, 7) is -2.23. The van der Waals surface area contributed by atoms with Crippen LogP contribution in [0.5, 0.6) is 0 Å². The van der Waals surface area contributed by atoms with Gasteiger partial charge in [-0.3, -0.25) is 17.5 Å². The lowest BCUT2D eigenvalue weighted by Gasteiger charge is -2.26. The van der Waals surface area contributed by atoms with Crippen LogP contribution in [0.2, 0.25) is 0 Å². The van der Waals surface area contributed by atoms with E-state index in [-0.39, 0.29) is 0 Å². The van der Waals surface area contributed by atoms with Crippen molar-refractivity contribution in [3.63, 3.8) is 0 Å². The van der Waals surface area contributed by atoms with Crippen molar-refractivity contribution < 1.29 is 36.1 Å². The van der Waals surface area contributed by atoms with Crippen molar-refractivity contribution in [1.29, 1.82) is 0 Å². The third-order valence-electron chi connectivity index (χ3n) is 1.60. The molecule has 0 saturated heterocycles. The second kappa shape index (κ2) is 7.35. The van der Waals surface area contributed by atoms with E-state index in [9.17, 15) is 8.42 Å². The molecule has 10 heteroatoms. The second-order valence-corrected chi connectivity index (χ2v) is 4.11. The largest absolute Gasteiger partial charge is 0.396 e. The molecular weight excluding hydrogens is 252 g/mol. The first-order valence-electron chi connectivity index (χ1n) is 3.66. The Morgan fingerprint density at radius 1 is 0.933 bits per heavy atom. The zero-order valence-electron chi connectivity index (χ0n) is 7.57. The van der Waals surface area contributed by atoms with Crippen molar-refractivity contribution >= 4 is 22.7 Å². The van der Waals surface area contributed by atoms with Gasteiger partial charge in [0.05, 0.1) is 31.8 Å². The fraction of sp³-hybridized carbons (Fsp3) is 1.00. The van der Waals surface area contributed by atoms with E-state index in [0.717, 1.165) is 0 Å². The number of hydrogen-bond donors (Lipinski definition) is 4. The fourth-order valence-corrected chi connectivity index (χ4v) is 1.33. The summed E-state index contributed by atoms with van der Waals surface area (Å²) in [4.78, 5) is 0. The van der Waals surface area contributed by atoms with Crippen LogP contribution in [0, 0.1) is 5.41 Å². The summed E-state index contributed by atoms with van der Waals surface area (Å²) < 4.78 is 45.6. The van der Waals surface area contributed by atoms with Crippen LogP contribution in [-0.2, 0) is 31.1 Å². The van der Waals surface area contributed by atoms with Crippen molar-refractivity contribution in [2.45, 2.75) is 0 Å². The highest BCUT2D eigenvalue weighted by Gasteiger charge is 2.31. The number of hydrogen-bond acceptors (Lipinski definition) is 6. The van der Waals surface area contributed by atoms with Gasteiger partial charge in [0.2, 0.25) is 0 Å². The van der Waals surface area contributed by atoms with E-state index in [4.69, 9.17) is 19.3 Å². The maximum atomic E-state index is 10.2. The minimum Gasteiger partial charge on any atom is -0.396 e. The maximum absolute atomic E-state index is 10.2. The molecule has 92 valence electrons. The highest BCUT2D eigenvalue weighted by atomic mass is 32.2. The van der Waals surface area contributed by atoms with Gasteiger partial charge in [0.1, 0.15) is 0 Å². The second-order valence-electron chi connectivity index (χ2n) is 2.77. The van der Waals surface area contributed by atoms with Crippen molar-refractivity contribution in [3.05, 3.63) is 0 Å². The lowest BCUT2D eigenvalue weighted by Crippen LogP contribution is -2.40. The molecule has 0 rings (SSSR count). The van der Waals surface area contributed by atoms with Crippen LogP contribution in [0.25, 0.3) is 0 Å². The standard InChI is InChI=1S/C5H12O8S2/c6-1-5(2-7,3-12-14(8)9)4-13-15(10)11/h6-7H,1-4H2,(H,8,9)(H,10,11). The molecule has 0 fully saturated rings. The Balaban J connectivity index is 4.29. The van der Waals surface area contributed by atoms with E-state index in [0.29, 0.717) is 0 Å². The van der Waals surface area contributed by atoms with Gasteiger partial charge < -0.3 is 10.2 Å². The Morgan fingerprint density at radius 2 is 1.27 bits per heavy atom. The monoisotopic (exact) mass is 264 g/mol. The quantitative estimate of drug-likeness (QED) is 0.380. The summed E-state index contributed by atoms with van der Waals surface area (Å²) in [5.41, 5.74) is -1.39. The van der Waals surface area contributed by atoms with Crippen LogP contribution in [0.3, 0.4) is 0 Å². The third-order valence-corrected chi connectivity index (χ3v) is 2.24. The lowest BCUT2D eigenvalue weighted by molar-refractivity contribution is -0.0159. The van der Waals surface area contributed by atoms with Crippen LogP contribution >= 0.6 is 0 Å². The summed E-state index contributed by atoms with van der Waals surface area (Å²) in [6, 6.07) is 0. The van der Waals surface area contributed by atoms with E-state index in [1.807, 2.05) is 0 Å². The van der Waals surface area contributed by atoms with Crippen LogP contribution < -0.4 is 0 Å². The zero-order valence-corrected chi connectivity index (χ0v) is 9.20. The first-order chi connectivity index (χ1) is 6.95. The zero-order chi connectivity index (χ0) is 11.9. The SMILES string of the molecule is O=S(O)OCC(CO)(CO)COS(=O)O. The number of rotatable bonds is 8. The van der Waals surface area contributed by atoms with Crippen LogP contribution in [0.4, 0.5) is 0 Å². The molecule has 0 aromatic heterocycles. The van der Waals surface area contributed by atoms with Crippen LogP contribution in [0.15, 0.2) is 0 Å². The molecule has 2 atom stereocenters. The van der Waals surface area contributed by atoms with E-state index in [1.54, 1.807) is 0 Å². The van der Waals surface area contributed by atoms with Gasteiger partial charge in [-0.1, -0.05) is 0 Å². The smallest absolute Gasteiger partial charge is 0.301 e. The molecule has 0 radical (unpaired) electrons. The average Bonchev–Trinajstić information content (AvgIpc) is 2.19. The van der Waals surface area contributed by atoms with E-state index >= 15 is 0 Å². The lowest BCUT2D eigenvalue weighted by atomic mass is 9.93. The average molecular weight is 264 g/mol. The van der Waals surface area contributed by atoms with Crippen LogP contribution in [0.1, 0.15) is 0 Å². The fourth-order valence-electron chi connectivity index (χ4n) is 0.625. The molecule has 4 N–H and O–H groups in total. The molecule has 0 amide bonds. The minimum absolute atomic E-state index is 0.486. The van der Waals surface area contributed by atoms with E-state index < -0.39 is 54.6 Å². The summed E-state index contributed by atoms with van der Waals surface area (Å²) in [5, 5.41) is 17.8. The molecule has 0 heterocycles. The van der Waals surface area contributed by atoms with Crippen molar-refractivity contribution in [2.75, 3.05) is 26.4 Å². The van der Waals surface area contributed by atoms with Crippen molar-refractivity contribution in [2.24, 2.45) is 5.41 Å². The highest BCUT2D eigenvalue weighted by molar-refractivity contribution is 7.74. The van der Waals surface area contributed by atoms with Gasteiger partial charge in [-0.15, -0.1) is 0 Å². The summed E-state index contributed by atoms with van der Waals surface area (Å²) in [5.74, 6) is 0. The Hall–Kier alpha value is 0.0600. The normalized spacial score (nSPS) is 16.3. The Labute approximate surface area is 91.2 Å². The van der Waals surface area contributed by atoms with Gasteiger partial charge in [0.25, 0.3) is 0 Å². The molecule has 15 heavy (non-hydrogen) atoms. The first-order valence-corrected chi connectivity index (χ1v) is 5.72. The van der Waals surface area contributed by atoms with Gasteiger partial charge in [-0.25, -0.2) is 0 Å². The molecule has 8 nitrogen and oxygen atoms in total. The predicted octanol–water partition coefficient (Wildman–Crippen LogP) is -1.74. The molecular formula is C5H12O8S2. The van der Waals surface area contributed by atoms with Crippen LogP contribution in [-0.4, -0.2) is 54.2 Å². The number of aliphatic hydroxyl groups is 2. The Bertz CT molecular complexity index is 207. The molecule has 0 spiro atoms. The first kappa shape index (κ1) is 15.1. The summed E-state index contributed by atoms with van der Waals surface area (Å²) >= 11 is -5.09. The molecule has 0 saturated carbocycles. The summed E-state index contributed by atoms with van der Waals surface area (Å²) in [6.07, 6.45) is 0. The van der Waals surface area contributed by atoms with Crippen molar-refractivity contribution in [1.82, 2.24) is 0 Å². The number of aliphatic hydroxyl groups excluding tert-OH is 2. The Morgan fingerprint density at radius 3 is 1.47 bits per heavy atom. The van der Waals surface area contributed by atoms with Gasteiger partial charge in [0.15, 0.2) is 0 Å². The molecule has 0 aliphatic rings. The molecule has 0 bridgehead atoms. The summed E-state index contributed by atoms with van der Waals surface area (Å²) in [7, 11) is 0. The minimum atomic E-state index is -2.55. The molecule has 0 aromatic carbocycles. The molecule has 0 aliphatic heterocycles. The molecule has 0 aromatic rings. The van der Waals surface area contributed by atoms with E-state index in [1.165, 1.54) is 0 Å².